The van der Waals surface area contributed by atoms with Gasteiger partial charge in [-0.1, -0.05) is 6.92 Å². The van der Waals surface area contributed by atoms with Crippen LogP contribution in [0.3, 0.4) is 0 Å². The maximum atomic E-state index is 6.33. The van der Waals surface area contributed by atoms with Gasteiger partial charge in [-0.3, -0.25) is 4.68 Å². The highest BCUT2D eigenvalue weighted by Gasteiger charge is 2.18. The van der Waals surface area contributed by atoms with E-state index in [4.69, 9.17) is 5.73 Å². The molecule has 0 bridgehead atoms. The predicted octanol–water partition coefficient (Wildman–Crippen LogP) is 3.34. The third-order valence-electron chi connectivity index (χ3n) is 2.77. The van der Waals surface area contributed by atoms with Crippen LogP contribution in [0.2, 0.25) is 0 Å². The second-order valence-corrected chi connectivity index (χ2v) is 5.64. The molecule has 17 heavy (non-hydrogen) atoms. The molecule has 0 radical (unpaired) electrons. The van der Waals surface area contributed by atoms with Crippen molar-refractivity contribution in [2.75, 3.05) is 0 Å². The maximum Gasteiger partial charge on any atom is 0.0828 e. The van der Waals surface area contributed by atoms with E-state index < -0.39 is 0 Å². The number of thiophene rings is 1. The number of halogens is 1. The average Bonchev–Trinajstić information content (AvgIpc) is 2.93. The molecule has 0 fully saturated rings. The smallest absolute Gasteiger partial charge is 0.0828 e. The lowest BCUT2D eigenvalue weighted by atomic mass is 10.1. The van der Waals surface area contributed by atoms with Crippen LogP contribution in [-0.2, 0) is 13.0 Å². The van der Waals surface area contributed by atoms with Crippen molar-refractivity contribution in [2.45, 2.75) is 32.9 Å². The van der Waals surface area contributed by atoms with Crippen molar-refractivity contribution in [2.24, 2.45) is 5.73 Å². The zero-order valence-electron chi connectivity index (χ0n) is 9.98. The van der Waals surface area contributed by atoms with E-state index in [0.717, 1.165) is 33.7 Å². The number of rotatable bonds is 4. The Morgan fingerprint density at radius 1 is 1.53 bits per heavy atom. The summed E-state index contributed by atoms with van der Waals surface area (Å²) in [5.74, 6) is 0. The standard InChI is InChI=1S/C12H16BrN3S/c1-3-8-7-10(16(4-2)15-8)11(14)12-9(13)5-6-17-12/h5-7,11H,3-4,14H2,1-2H3. The van der Waals surface area contributed by atoms with Gasteiger partial charge in [0.15, 0.2) is 0 Å². The van der Waals surface area contributed by atoms with Crippen LogP contribution in [0, 0.1) is 0 Å². The van der Waals surface area contributed by atoms with Crippen molar-refractivity contribution in [3.63, 3.8) is 0 Å². The summed E-state index contributed by atoms with van der Waals surface area (Å²) in [4.78, 5) is 1.15. The molecule has 0 spiro atoms. The summed E-state index contributed by atoms with van der Waals surface area (Å²) in [6, 6.07) is 4.05. The van der Waals surface area contributed by atoms with Crippen molar-refractivity contribution in [1.29, 1.82) is 0 Å². The minimum Gasteiger partial charge on any atom is -0.318 e. The first-order valence-corrected chi connectivity index (χ1v) is 7.39. The Labute approximate surface area is 114 Å². The van der Waals surface area contributed by atoms with Crippen LogP contribution in [0.1, 0.15) is 36.2 Å². The summed E-state index contributed by atoms with van der Waals surface area (Å²) in [5, 5.41) is 6.58. The lowest BCUT2D eigenvalue weighted by Crippen LogP contribution is -2.16. The minimum absolute atomic E-state index is 0.0999. The Morgan fingerprint density at radius 3 is 2.82 bits per heavy atom. The van der Waals surface area contributed by atoms with Crippen molar-refractivity contribution in [3.8, 4) is 0 Å². The van der Waals surface area contributed by atoms with E-state index in [0.29, 0.717) is 0 Å². The van der Waals surface area contributed by atoms with Gasteiger partial charge in [-0.25, -0.2) is 0 Å². The molecule has 3 nitrogen and oxygen atoms in total. The Hall–Kier alpha value is -0.650. The van der Waals surface area contributed by atoms with E-state index in [-0.39, 0.29) is 6.04 Å². The number of hydrogen-bond donors (Lipinski definition) is 1. The summed E-state index contributed by atoms with van der Waals surface area (Å²) < 4.78 is 3.08. The molecule has 0 amide bonds. The molecule has 2 rings (SSSR count). The number of aromatic nitrogens is 2. The molecule has 2 aromatic rings. The van der Waals surface area contributed by atoms with E-state index in [2.05, 4.69) is 40.9 Å². The molecule has 1 unspecified atom stereocenters. The molecule has 0 aliphatic rings. The predicted molar refractivity (Wildman–Crippen MR) is 75.3 cm³/mol. The first-order chi connectivity index (χ1) is 8.17. The van der Waals surface area contributed by atoms with Gasteiger partial charge in [0.2, 0.25) is 0 Å². The van der Waals surface area contributed by atoms with Crippen LogP contribution >= 0.6 is 27.3 Å². The van der Waals surface area contributed by atoms with Gasteiger partial charge in [-0.2, -0.15) is 5.10 Å². The van der Waals surface area contributed by atoms with Gasteiger partial charge in [0.05, 0.1) is 17.4 Å². The lowest BCUT2D eigenvalue weighted by molar-refractivity contribution is 0.597. The van der Waals surface area contributed by atoms with Crippen molar-refractivity contribution in [3.05, 3.63) is 38.3 Å². The monoisotopic (exact) mass is 313 g/mol. The summed E-state index contributed by atoms with van der Waals surface area (Å²) in [7, 11) is 0. The largest absolute Gasteiger partial charge is 0.318 e. The van der Waals surface area contributed by atoms with Crippen LogP contribution in [-0.4, -0.2) is 9.78 Å². The van der Waals surface area contributed by atoms with E-state index in [9.17, 15) is 0 Å². The van der Waals surface area contributed by atoms with Crippen LogP contribution in [0.25, 0.3) is 0 Å². The van der Waals surface area contributed by atoms with Gasteiger partial charge < -0.3 is 5.73 Å². The molecular formula is C12H16BrN3S. The lowest BCUT2D eigenvalue weighted by Gasteiger charge is -2.12. The molecular weight excluding hydrogens is 298 g/mol. The number of nitrogens with two attached hydrogens (primary N) is 1. The third-order valence-corrected chi connectivity index (χ3v) is 4.72. The molecule has 2 heterocycles. The average molecular weight is 314 g/mol. The normalized spacial score (nSPS) is 12.9. The van der Waals surface area contributed by atoms with Crippen molar-refractivity contribution in [1.82, 2.24) is 9.78 Å². The fraction of sp³-hybridized carbons (Fsp3) is 0.417. The van der Waals surface area contributed by atoms with Gasteiger partial charge >= 0.3 is 0 Å². The van der Waals surface area contributed by atoms with Crippen LogP contribution < -0.4 is 5.73 Å². The molecule has 0 saturated heterocycles. The topological polar surface area (TPSA) is 43.8 Å². The molecule has 0 aromatic carbocycles. The summed E-state index contributed by atoms with van der Waals surface area (Å²) in [6.07, 6.45) is 0.943. The Balaban J connectivity index is 2.39. The Morgan fingerprint density at radius 2 is 2.29 bits per heavy atom. The maximum absolute atomic E-state index is 6.33. The molecule has 2 aromatic heterocycles. The zero-order chi connectivity index (χ0) is 12.4. The first kappa shape index (κ1) is 12.8. The quantitative estimate of drug-likeness (QED) is 0.940. The molecule has 0 aliphatic heterocycles. The van der Waals surface area contributed by atoms with Crippen LogP contribution in [0.15, 0.2) is 22.0 Å². The Bertz CT molecular complexity index is 504. The highest BCUT2D eigenvalue weighted by atomic mass is 79.9. The second kappa shape index (κ2) is 5.33. The van der Waals surface area contributed by atoms with Gasteiger partial charge in [0.25, 0.3) is 0 Å². The molecule has 5 heteroatoms. The SMILES string of the molecule is CCc1cc(C(N)c2sccc2Br)n(CC)n1. The molecule has 2 N–H and O–H groups in total. The van der Waals surface area contributed by atoms with Crippen LogP contribution in [0.4, 0.5) is 0 Å². The Kier molecular flexibility index (Phi) is 4.01. The number of nitrogens with zero attached hydrogens (tertiary/aromatic N) is 2. The molecule has 0 aliphatic carbocycles. The van der Waals surface area contributed by atoms with E-state index in [1.807, 2.05) is 16.1 Å². The summed E-state index contributed by atoms with van der Waals surface area (Å²) in [5.41, 5.74) is 8.52. The third kappa shape index (κ3) is 2.46. The van der Waals surface area contributed by atoms with E-state index >= 15 is 0 Å². The van der Waals surface area contributed by atoms with Crippen molar-refractivity contribution < 1.29 is 0 Å². The van der Waals surface area contributed by atoms with Gasteiger partial charge in [0, 0.05) is 15.9 Å². The van der Waals surface area contributed by atoms with E-state index in [1.165, 1.54) is 0 Å². The fourth-order valence-corrected chi connectivity index (χ4v) is 3.46. The van der Waals surface area contributed by atoms with E-state index in [1.54, 1.807) is 11.3 Å². The van der Waals surface area contributed by atoms with Gasteiger partial charge in [0.1, 0.15) is 0 Å². The van der Waals surface area contributed by atoms with Crippen molar-refractivity contribution >= 4 is 27.3 Å². The summed E-state index contributed by atoms with van der Waals surface area (Å²) >= 11 is 5.21. The van der Waals surface area contributed by atoms with Gasteiger partial charge in [-0.05, 0) is 46.8 Å². The number of aryl methyl sites for hydroxylation is 2. The van der Waals surface area contributed by atoms with Crippen LogP contribution in [0.5, 0.6) is 0 Å². The highest BCUT2D eigenvalue weighted by Crippen LogP contribution is 2.31. The molecule has 92 valence electrons. The fourth-order valence-electron chi connectivity index (χ4n) is 1.82. The van der Waals surface area contributed by atoms with Gasteiger partial charge in [-0.15, -0.1) is 11.3 Å². The zero-order valence-corrected chi connectivity index (χ0v) is 12.4. The second-order valence-electron chi connectivity index (χ2n) is 3.84. The highest BCUT2D eigenvalue weighted by molar-refractivity contribution is 9.10. The molecule has 1 atom stereocenters. The number of hydrogen-bond acceptors (Lipinski definition) is 3. The minimum atomic E-state index is -0.0999. The summed E-state index contributed by atoms with van der Waals surface area (Å²) in [6.45, 7) is 5.05. The molecule has 0 saturated carbocycles. The first-order valence-electron chi connectivity index (χ1n) is 5.72.